The van der Waals surface area contributed by atoms with E-state index in [2.05, 4.69) is 15.4 Å². The minimum atomic E-state index is -1.32. The van der Waals surface area contributed by atoms with Crippen LogP contribution in [0.15, 0.2) is 36.7 Å². The lowest BCUT2D eigenvalue weighted by Crippen LogP contribution is -2.41. The van der Waals surface area contributed by atoms with Crippen LogP contribution in [0.3, 0.4) is 0 Å². The van der Waals surface area contributed by atoms with Crippen LogP contribution < -0.4 is 5.32 Å². The molecule has 2 atom stereocenters. The third kappa shape index (κ3) is 3.62. The molecule has 7 rings (SSSR count). The van der Waals surface area contributed by atoms with Gasteiger partial charge in [0.25, 0.3) is 0 Å². The van der Waals surface area contributed by atoms with Gasteiger partial charge in [-0.3, -0.25) is 24.2 Å². The van der Waals surface area contributed by atoms with E-state index in [-0.39, 0.29) is 42.2 Å². The lowest BCUT2D eigenvalue weighted by molar-refractivity contribution is -0.143. The number of pyridine rings is 1. The Hall–Kier alpha value is -2.88. The van der Waals surface area contributed by atoms with E-state index in [1.54, 1.807) is 17.1 Å². The van der Waals surface area contributed by atoms with Gasteiger partial charge in [-0.05, 0) is 55.6 Å². The molecule has 10 heteroatoms. The van der Waals surface area contributed by atoms with Crippen molar-refractivity contribution in [3.63, 3.8) is 0 Å². The first-order valence-electron chi connectivity index (χ1n) is 12.9. The Labute approximate surface area is 228 Å². The number of carbonyl (C=O) groups is 2. The van der Waals surface area contributed by atoms with Crippen molar-refractivity contribution in [1.82, 2.24) is 25.0 Å². The minimum absolute atomic E-state index is 0.0749. The predicted molar refractivity (Wildman–Crippen MR) is 146 cm³/mol. The van der Waals surface area contributed by atoms with Gasteiger partial charge in [0.2, 0.25) is 11.8 Å². The molecule has 1 aromatic carbocycles. The number of carbonyl (C=O) groups excluding carboxylic acids is 2. The number of fused-ring (bicyclic) bond motifs is 3. The average molecular weight is 552 g/mol. The quantitative estimate of drug-likeness (QED) is 0.345. The fraction of sp³-hybridized carbons (Fsp3) is 0.429. The summed E-state index contributed by atoms with van der Waals surface area (Å²) in [4.78, 5) is 32.7. The summed E-state index contributed by atoms with van der Waals surface area (Å²) in [6, 6.07) is 7.63. The Balaban J connectivity index is 1.28. The molecule has 0 radical (unpaired) electrons. The van der Waals surface area contributed by atoms with Crippen molar-refractivity contribution in [3.8, 4) is 11.1 Å². The van der Waals surface area contributed by atoms with Gasteiger partial charge >= 0.3 is 0 Å². The molecule has 3 aromatic heterocycles. The molecular weight excluding hydrogens is 525 g/mol. The number of amides is 2. The van der Waals surface area contributed by atoms with E-state index in [1.165, 1.54) is 16.2 Å². The molecule has 4 aromatic rings. The number of benzene rings is 1. The van der Waals surface area contributed by atoms with Crippen LogP contribution in [-0.2, 0) is 22.7 Å². The van der Waals surface area contributed by atoms with Crippen molar-refractivity contribution in [1.29, 1.82) is 0 Å². The van der Waals surface area contributed by atoms with Gasteiger partial charge in [0.1, 0.15) is 5.67 Å². The summed E-state index contributed by atoms with van der Waals surface area (Å²) in [5.74, 6) is -0.544. The number of nitrogens with zero attached hydrogens (tertiary/aromatic N) is 4. The van der Waals surface area contributed by atoms with Gasteiger partial charge in [-0.25, -0.2) is 4.39 Å². The first-order chi connectivity index (χ1) is 18.2. The second kappa shape index (κ2) is 8.31. The molecule has 0 bridgehead atoms. The number of alkyl halides is 1. The Bertz CT molecular complexity index is 1610. The van der Waals surface area contributed by atoms with Crippen molar-refractivity contribution >= 4 is 55.9 Å². The highest BCUT2D eigenvalue weighted by atomic mass is 35.5. The summed E-state index contributed by atoms with van der Waals surface area (Å²) in [6.07, 6.45) is 4.37. The van der Waals surface area contributed by atoms with E-state index in [9.17, 15) is 9.59 Å². The minimum Gasteiger partial charge on any atom is -0.316 e. The fourth-order valence-corrected chi connectivity index (χ4v) is 7.77. The summed E-state index contributed by atoms with van der Waals surface area (Å²) in [5, 5.41) is 9.20. The fourth-order valence-electron chi connectivity index (χ4n) is 6.42. The standard InChI is InChI=1S/C28H27ClFN5O2S/c1-27(2)21-22(27)26(37)34(25(21)36)13-17-11-20-24(38-17)18(3-6-32-20)19-10-16(29)9-15-12-33-35(23(15)19)14-28(30)4-7-31-8-5-28/h3,6,9-12,21-22,31H,4-5,7-8,13-14H2,1-2H3. The number of imide groups is 1. The maximum absolute atomic E-state index is 15.7. The van der Waals surface area contributed by atoms with Crippen molar-refractivity contribution < 1.29 is 14.0 Å². The summed E-state index contributed by atoms with van der Waals surface area (Å²) in [5.41, 5.74) is 1.84. The molecule has 1 saturated carbocycles. The third-order valence-corrected chi connectivity index (χ3v) is 9.95. The van der Waals surface area contributed by atoms with Crippen LogP contribution in [0.1, 0.15) is 31.6 Å². The zero-order valence-electron chi connectivity index (χ0n) is 21.1. The highest BCUT2D eigenvalue weighted by molar-refractivity contribution is 7.19. The van der Waals surface area contributed by atoms with Crippen LogP contribution in [-0.4, -0.2) is 50.2 Å². The van der Waals surface area contributed by atoms with Crippen LogP contribution in [0.2, 0.25) is 5.02 Å². The van der Waals surface area contributed by atoms with Gasteiger partial charge in [0, 0.05) is 32.6 Å². The molecule has 2 aliphatic heterocycles. The van der Waals surface area contributed by atoms with Crippen molar-refractivity contribution in [2.75, 3.05) is 13.1 Å². The highest BCUT2D eigenvalue weighted by Gasteiger charge is 2.72. The Morgan fingerprint density at radius 2 is 1.87 bits per heavy atom. The zero-order chi connectivity index (χ0) is 26.4. The van der Waals surface area contributed by atoms with Crippen LogP contribution in [0.5, 0.6) is 0 Å². The lowest BCUT2D eigenvalue weighted by Gasteiger charge is -2.30. The molecule has 38 heavy (non-hydrogen) atoms. The maximum Gasteiger partial charge on any atom is 0.234 e. The number of thiophene rings is 1. The molecule has 5 heterocycles. The van der Waals surface area contributed by atoms with Gasteiger partial charge in [-0.15, -0.1) is 11.3 Å². The van der Waals surface area contributed by atoms with Gasteiger partial charge in [-0.1, -0.05) is 25.4 Å². The topological polar surface area (TPSA) is 80.1 Å². The second-order valence-corrected chi connectivity index (χ2v) is 13.0. The number of nitrogens with one attached hydrogen (secondary N) is 1. The number of hydrogen-bond donors (Lipinski definition) is 1. The smallest absolute Gasteiger partial charge is 0.234 e. The normalized spacial score (nSPS) is 23.9. The van der Waals surface area contributed by atoms with Crippen molar-refractivity contribution in [2.24, 2.45) is 17.3 Å². The predicted octanol–water partition coefficient (Wildman–Crippen LogP) is 5.20. The van der Waals surface area contributed by atoms with E-state index in [0.717, 1.165) is 37.1 Å². The van der Waals surface area contributed by atoms with E-state index in [0.29, 0.717) is 31.0 Å². The summed E-state index contributed by atoms with van der Waals surface area (Å²) >= 11 is 8.05. The van der Waals surface area contributed by atoms with Gasteiger partial charge in [-0.2, -0.15) is 5.10 Å². The molecule has 2 amide bonds. The van der Waals surface area contributed by atoms with Crippen LogP contribution in [0.25, 0.3) is 32.2 Å². The zero-order valence-corrected chi connectivity index (χ0v) is 22.7. The van der Waals surface area contributed by atoms with Crippen molar-refractivity contribution in [3.05, 3.63) is 46.6 Å². The maximum atomic E-state index is 15.7. The number of hydrogen-bond acceptors (Lipinski definition) is 6. The SMILES string of the molecule is CC1(C)C2C(=O)N(Cc3cc4nccc(-c5cc(Cl)cc6cnn(CC7(F)CCNCC7)c56)c4s3)C(=O)C21. The third-order valence-electron chi connectivity index (χ3n) is 8.59. The number of piperidine rings is 2. The van der Waals surface area contributed by atoms with E-state index < -0.39 is 5.67 Å². The molecule has 1 aliphatic carbocycles. The average Bonchev–Trinajstić information content (AvgIpc) is 3.22. The lowest BCUT2D eigenvalue weighted by atomic mass is 9.94. The molecule has 196 valence electrons. The van der Waals surface area contributed by atoms with E-state index >= 15 is 4.39 Å². The molecule has 0 spiro atoms. The second-order valence-electron chi connectivity index (χ2n) is 11.4. The number of rotatable bonds is 5. The number of aromatic nitrogens is 3. The molecule has 7 nitrogen and oxygen atoms in total. The molecule has 2 unspecified atom stereocenters. The summed E-state index contributed by atoms with van der Waals surface area (Å²) < 4.78 is 18.4. The van der Waals surface area contributed by atoms with E-state index in [4.69, 9.17) is 11.6 Å². The molecule has 1 N–H and O–H groups in total. The largest absolute Gasteiger partial charge is 0.316 e. The van der Waals surface area contributed by atoms with Crippen LogP contribution in [0.4, 0.5) is 4.39 Å². The Morgan fingerprint density at radius 3 is 2.61 bits per heavy atom. The van der Waals surface area contributed by atoms with Crippen molar-refractivity contribution in [2.45, 2.75) is 45.4 Å². The van der Waals surface area contributed by atoms with Gasteiger partial charge < -0.3 is 5.32 Å². The summed E-state index contributed by atoms with van der Waals surface area (Å²) in [6.45, 7) is 5.70. The first-order valence-corrected chi connectivity index (χ1v) is 14.1. The molecule has 3 aliphatic rings. The Kier molecular flexibility index (Phi) is 5.29. The molecule has 3 fully saturated rings. The molecular formula is C28H27ClFN5O2S. The highest BCUT2D eigenvalue weighted by Crippen LogP contribution is 2.63. The summed E-state index contributed by atoms with van der Waals surface area (Å²) in [7, 11) is 0. The van der Waals surface area contributed by atoms with Gasteiger partial charge in [0.15, 0.2) is 0 Å². The van der Waals surface area contributed by atoms with Crippen LogP contribution in [0, 0.1) is 17.3 Å². The number of likely N-dealkylation sites (tertiary alicyclic amines) is 1. The van der Waals surface area contributed by atoms with Gasteiger partial charge in [0.05, 0.1) is 46.9 Å². The first kappa shape index (κ1) is 24.2. The monoisotopic (exact) mass is 551 g/mol. The van der Waals surface area contributed by atoms with Crippen LogP contribution >= 0.6 is 22.9 Å². The Morgan fingerprint density at radius 1 is 1.13 bits per heavy atom. The number of halogens is 2. The van der Waals surface area contributed by atoms with E-state index in [1.807, 2.05) is 38.1 Å². The molecule has 2 saturated heterocycles.